The lowest BCUT2D eigenvalue weighted by Crippen LogP contribution is -2.22. The molecule has 0 aliphatic carbocycles. The molecule has 0 bridgehead atoms. The molecule has 1 atom stereocenters. The number of carbonyl (C=O) groups excluding carboxylic acids is 2. The Labute approximate surface area is 160 Å². The number of rotatable bonds is 17. The predicted octanol–water partition coefficient (Wildman–Crippen LogP) is 6.11. The van der Waals surface area contributed by atoms with Crippen LogP contribution < -0.4 is 0 Å². The van der Waals surface area contributed by atoms with Gasteiger partial charge in [0.25, 0.3) is 0 Å². The Hall–Kier alpha value is -1.06. The molecule has 1 saturated heterocycles. The highest BCUT2D eigenvalue weighted by Gasteiger charge is 2.29. The summed E-state index contributed by atoms with van der Waals surface area (Å²) in [7, 11) is 0. The van der Waals surface area contributed by atoms with Gasteiger partial charge in [-0.25, -0.2) is 4.79 Å². The fourth-order valence-electron chi connectivity index (χ4n) is 3.44. The highest BCUT2D eigenvalue weighted by Crippen LogP contribution is 2.15. The summed E-state index contributed by atoms with van der Waals surface area (Å²) in [5.41, 5.74) is 0. The second-order valence-corrected chi connectivity index (χ2v) is 7.63. The van der Waals surface area contributed by atoms with Crippen molar-refractivity contribution in [2.24, 2.45) is 0 Å². The van der Waals surface area contributed by atoms with Gasteiger partial charge < -0.3 is 9.47 Å². The number of ether oxygens (including phenoxy) is 2. The molecule has 26 heavy (non-hydrogen) atoms. The molecule has 1 heterocycles. The zero-order chi connectivity index (χ0) is 18.9. The third-order valence-electron chi connectivity index (χ3n) is 5.15. The lowest BCUT2D eigenvalue weighted by molar-refractivity contribution is -0.160. The predicted molar refractivity (Wildman–Crippen MR) is 105 cm³/mol. The largest absolute Gasteiger partial charge is 0.463 e. The van der Waals surface area contributed by atoms with Gasteiger partial charge in [0.05, 0.1) is 6.61 Å². The van der Waals surface area contributed by atoms with Gasteiger partial charge in [0, 0.05) is 12.8 Å². The van der Waals surface area contributed by atoms with E-state index in [9.17, 15) is 9.59 Å². The minimum Gasteiger partial charge on any atom is -0.463 e. The van der Waals surface area contributed by atoms with Crippen LogP contribution in [0.25, 0.3) is 0 Å². The normalized spacial score (nSPS) is 16.7. The number of unbranched alkanes of at least 4 members (excludes halogenated alkanes) is 14. The van der Waals surface area contributed by atoms with Crippen LogP contribution in [0, 0.1) is 0 Å². The first kappa shape index (κ1) is 23.0. The Kier molecular flexibility index (Phi) is 14.3. The summed E-state index contributed by atoms with van der Waals surface area (Å²) >= 11 is 0. The van der Waals surface area contributed by atoms with E-state index < -0.39 is 12.1 Å². The fourth-order valence-corrected chi connectivity index (χ4v) is 3.44. The molecule has 0 N–H and O–H groups in total. The minimum absolute atomic E-state index is 0.261. The molecule has 0 aromatic carbocycles. The van der Waals surface area contributed by atoms with Crippen molar-refractivity contribution in [1.82, 2.24) is 0 Å². The number of cyclic esters (lactones) is 1. The summed E-state index contributed by atoms with van der Waals surface area (Å²) in [4.78, 5) is 22.9. The summed E-state index contributed by atoms with van der Waals surface area (Å²) in [5.74, 6) is -0.654. The van der Waals surface area contributed by atoms with Crippen molar-refractivity contribution < 1.29 is 19.1 Å². The van der Waals surface area contributed by atoms with E-state index in [4.69, 9.17) is 9.47 Å². The van der Waals surface area contributed by atoms with E-state index in [0.717, 1.165) is 12.8 Å². The van der Waals surface area contributed by atoms with E-state index in [0.29, 0.717) is 19.4 Å². The number of hydrogen-bond acceptors (Lipinski definition) is 4. The van der Waals surface area contributed by atoms with Gasteiger partial charge in [-0.1, -0.05) is 96.8 Å². The maximum Gasteiger partial charge on any atom is 0.347 e. The summed E-state index contributed by atoms with van der Waals surface area (Å²) in [6, 6.07) is 0. The Morgan fingerprint density at radius 2 is 1.31 bits per heavy atom. The van der Waals surface area contributed by atoms with Gasteiger partial charge in [0.2, 0.25) is 6.10 Å². The topological polar surface area (TPSA) is 52.6 Å². The van der Waals surface area contributed by atoms with Gasteiger partial charge in [0.15, 0.2) is 0 Å². The Bertz CT molecular complexity index is 367. The molecular formula is C22H40O4. The summed E-state index contributed by atoms with van der Waals surface area (Å²) in [6.45, 7) is 2.64. The van der Waals surface area contributed by atoms with E-state index in [1.54, 1.807) is 0 Å². The summed E-state index contributed by atoms with van der Waals surface area (Å²) in [5, 5.41) is 0. The third-order valence-corrected chi connectivity index (χ3v) is 5.15. The highest BCUT2D eigenvalue weighted by atomic mass is 16.6. The van der Waals surface area contributed by atoms with Crippen LogP contribution in [0.15, 0.2) is 0 Å². The van der Waals surface area contributed by atoms with E-state index in [1.165, 1.54) is 83.5 Å². The second-order valence-electron chi connectivity index (χ2n) is 7.63. The van der Waals surface area contributed by atoms with Crippen molar-refractivity contribution in [2.45, 2.75) is 122 Å². The lowest BCUT2D eigenvalue weighted by Gasteiger charge is -2.08. The lowest BCUT2D eigenvalue weighted by atomic mass is 10.0. The number of esters is 2. The Balaban J connectivity index is 1.75. The first-order valence-electron chi connectivity index (χ1n) is 11.1. The molecule has 1 aliphatic rings. The van der Waals surface area contributed by atoms with Crippen molar-refractivity contribution in [3.63, 3.8) is 0 Å². The minimum atomic E-state index is -0.654. The maximum absolute atomic E-state index is 11.6. The van der Waals surface area contributed by atoms with Gasteiger partial charge in [-0.15, -0.1) is 0 Å². The van der Waals surface area contributed by atoms with Crippen molar-refractivity contribution in [3.05, 3.63) is 0 Å². The molecule has 0 amide bonds. The van der Waals surface area contributed by atoms with Gasteiger partial charge in [-0.3, -0.25) is 4.79 Å². The van der Waals surface area contributed by atoms with Crippen LogP contribution >= 0.6 is 0 Å². The number of carbonyl (C=O) groups is 2. The van der Waals surface area contributed by atoms with Crippen LogP contribution in [-0.4, -0.2) is 24.6 Å². The molecule has 4 heteroatoms. The molecule has 152 valence electrons. The van der Waals surface area contributed by atoms with E-state index >= 15 is 0 Å². The molecule has 1 rings (SSSR count). The van der Waals surface area contributed by atoms with Gasteiger partial charge in [-0.05, 0) is 6.42 Å². The molecule has 0 saturated carbocycles. The smallest absolute Gasteiger partial charge is 0.347 e. The van der Waals surface area contributed by atoms with Gasteiger partial charge >= 0.3 is 11.9 Å². The van der Waals surface area contributed by atoms with E-state index in [-0.39, 0.29) is 5.97 Å². The average molecular weight is 369 g/mol. The van der Waals surface area contributed by atoms with Crippen molar-refractivity contribution in [2.75, 3.05) is 6.61 Å². The SMILES string of the molecule is CCCCCCCCCCCCCCCCCC(=O)O[C@H]1CCOC1=O. The molecule has 0 radical (unpaired) electrons. The zero-order valence-electron chi connectivity index (χ0n) is 16.9. The average Bonchev–Trinajstić information content (AvgIpc) is 3.03. The molecule has 1 aliphatic heterocycles. The summed E-state index contributed by atoms with van der Waals surface area (Å²) < 4.78 is 9.91. The van der Waals surface area contributed by atoms with Crippen LogP contribution in [-0.2, 0) is 19.1 Å². The second kappa shape index (κ2) is 16.1. The molecule has 0 aromatic rings. The zero-order valence-corrected chi connectivity index (χ0v) is 16.9. The van der Waals surface area contributed by atoms with Crippen molar-refractivity contribution >= 4 is 11.9 Å². The van der Waals surface area contributed by atoms with E-state index in [1.807, 2.05) is 0 Å². The first-order valence-corrected chi connectivity index (χ1v) is 11.1. The molecule has 0 aromatic heterocycles. The van der Waals surface area contributed by atoms with Crippen LogP contribution in [0.5, 0.6) is 0 Å². The highest BCUT2D eigenvalue weighted by molar-refractivity contribution is 5.80. The molecular weight excluding hydrogens is 328 g/mol. The van der Waals surface area contributed by atoms with Gasteiger partial charge in [0.1, 0.15) is 0 Å². The summed E-state index contributed by atoms with van der Waals surface area (Å²) in [6.07, 6.45) is 19.9. The number of hydrogen-bond donors (Lipinski definition) is 0. The van der Waals surface area contributed by atoms with Crippen LogP contribution in [0.3, 0.4) is 0 Å². The maximum atomic E-state index is 11.6. The molecule has 0 unspecified atom stereocenters. The first-order chi connectivity index (χ1) is 12.7. The molecule has 0 spiro atoms. The standard InChI is InChI=1S/C22H40O4/c1-2-3-4-5-6-7-8-9-10-11-12-13-14-15-16-17-21(23)26-20-18-19-25-22(20)24/h20H,2-19H2,1H3/t20-/m0/s1. The monoisotopic (exact) mass is 368 g/mol. The third kappa shape index (κ3) is 12.3. The molecule has 4 nitrogen and oxygen atoms in total. The van der Waals surface area contributed by atoms with Gasteiger partial charge in [-0.2, -0.15) is 0 Å². The Morgan fingerprint density at radius 3 is 1.73 bits per heavy atom. The van der Waals surface area contributed by atoms with Crippen LogP contribution in [0.1, 0.15) is 116 Å². The van der Waals surface area contributed by atoms with Crippen molar-refractivity contribution in [3.8, 4) is 0 Å². The van der Waals surface area contributed by atoms with Crippen molar-refractivity contribution in [1.29, 1.82) is 0 Å². The van der Waals surface area contributed by atoms with E-state index in [2.05, 4.69) is 6.92 Å². The van der Waals surface area contributed by atoms with Crippen LogP contribution in [0.2, 0.25) is 0 Å². The molecule has 1 fully saturated rings. The van der Waals surface area contributed by atoms with Crippen LogP contribution in [0.4, 0.5) is 0 Å². The quantitative estimate of drug-likeness (QED) is 0.230. The Morgan fingerprint density at radius 1 is 0.846 bits per heavy atom. The fraction of sp³-hybridized carbons (Fsp3) is 0.909.